The fourth-order valence-electron chi connectivity index (χ4n) is 2.03. The lowest BCUT2D eigenvalue weighted by Gasteiger charge is -2.22. The zero-order chi connectivity index (χ0) is 15.6. The van der Waals surface area contributed by atoms with Crippen molar-refractivity contribution in [2.45, 2.75) is 19.4 Å². The predicted octanol–water partition coefficient (Wildman–Crippen LogP) is 4.33. The van der Waals surface area contributed by atoms with Gasteiger partial charge in [-0.1, -0.05) is 34.1 Å². The highest BCUT2D eigenvalue weighted by molar-refractivity contribution is 9.10. The second-order valence-corrected chi connectivity index (χ2v) is 6.06. The summed E-state index contributed by atoms with van der Waals surface area (Å²) in [7, 11) is 0. The lowest BCUT2D eigenvalue weighted by Crippen LogP contribution is -2.17. The van der Waals surface area contributed by atoms with Crippen molar-refractivity contribution in [2.75, 3.05) is 5.32 Å². The van der Waals surface area contributed by atoms with Crippen LogP contribution in [0.15, 0.2) is 46.9 Å². The Morgan fingerprint density at radius 2 is 1.86 bits per heavy atom. The molecule has 0 aliphatic carbocycles. The van der Waals surface area contributed by atoms with Gasteiger partial charge in [-0.15, -0.1) is 0 Å². The second-order valence-electron chi connectivity index (χ2n) is 5.15. The first-order valence-electron chi connectivity index (χ1n) is 6.32. The lowest BCUT2D eigenvalue weighted by atomic mass is 9.96. The van der Waals surface area contributed by atoms with Crippen molar-refractivity contribution in [1.82, 2.24) is 0 Å². The number of hydrogen-bond donors (Lipinski definition) is 2. The minimum Gasteiger partial charge on any atom is -0.386 e. The normalized spacial score (nSPS) is 11.2. The Bertz CT molecular complexity index is 681. The second kappa shape index (κ2) is 5.83. The van der Waals surface area contributed by atoms with Gasteiger partial charge in [0.1, 0.15) is 5.69 Å². The molecule has 0 saturated carbocycles. The summed E-state index contributed by atoms with van der Waals surface area (Å²) in [4.78, 5) is 10.7. The lowest BCUT2D eigenvalue weighted by molar-refractivity contribution is -0.384. The van der Waals surface area contributed by atoms with E-state index in [1.54, 1.807) is 38.1 Å². The molecule has 110 valence electrons. The van der Waals surface area contributed by atoms with Crippen LogP contribution in [0.3, 0.4) is 0 Å². The van der Waals surface area contributed by atoms with E-state index >= 15 is 0 Å². The van der Waals surface area contributed by atoms with Gasteiger partial charge in [0.2, 0.25) is 0 Å². The van der Waals surface area contributed by atoms with E-state index in [4.69, 9.17) is 0 Å². The van der Waals surface area contributed by atoms with Gasteiger partial charge >= 0.3 is 0 Å². The maximum atomic E-state index is 11.1. The molecule has 0 radical (unpaired) electrons. The van der Waals surface area contributed by atoms with Crippen LogP contribution < -0.4 is 5.32 Å². The zero-order valence-electron chi connectivity index (χ0n) is 11.6. The summed E-state index contributed by atoms with van der Waals surface area (Å²) >= 11 is 3.22. The van der Waals surface area contributed by atoms with E-state index in [0.29, 0.717) is 21.4 Å². The molecule has 2 rings (SSSR count). The Morgan fingerprint density at radius 3 is 2.48 bits per heavy atom. The van der Waals surface area contributed by atoms with Crippen LogP contribution in [0.2, 0.25) is 0 Å². The van der Waals surface area contributed by atoms with E-state index in [1.807, 2.05) is 12.1 Å². The molecule has 0 spiro atoms. The molecule has 0 aliphatic rings. The smallest absolute Gasteiger partial charge is 0.293 e. The SMILES string of the molecule is CC(C)(O)c1ccccc1Nc1ccc(Br)cc1[N+](=O)[O-]. The topological polar surface area (TPSA) is 75.4 Å². The van der Waals surface area contributed by atoms with Crippen molar-refractivity contribution < 1.29 is 10.0 Å². The number of nitro benzene ring substituents is 1. The average Bonchev–Trinajstić information content (AvgIpc) is 2.40. The van der Waals surface area contributed by atoms with Crippen LogP contribution in [0.5, 0.6) is 0 Å². The molecule has 0 aliphatic heterocycles. The summed E-state index contributed by atoms with van der Waals surface area (Å²) in [5.41, 5.74) is 0.598. The number of anilines is 2. The van der Waals surface area contributed by atoms with Crippen molar-refractivity contribution in [3.8, 4) is 0 Å². The van der Waals surface area contributed by atoms with Crippen LogP contribution in [0, 0.1) is 10.1 Å². The van der Waals surface area contributed by atoms with Gasteiger partial charge in [-0.25, -0.2) is 0 Å². The van der Waals surface area contributed by atoms with Gasteiger partial charge in [0.25, 0.3) is 5.69 Å². The third kappa shape index (κ3) is 3.59. The molecule has 0 bridgehead atoms. The molecule has 0 amide bonds. The Morgan fingerprint density at radius 1 is 1.19 bits per heavy atom. The largest absolute Gasteiger partial charge is 0.386 e. The van der Waals surface area contributed by atoms with Crippen LogP contribution in [-0.2, 0) is 5.60 Å². The van der Waals surface area contributed by atoms with Crippen molar-refractivity contribution in [3.63, 3.8) is 0 Å². The summed E-state index contributed by atoms with van der Waals surface area (Å²) in [6, 6.07) is 12.0. The van der Waals surface area contributed by atoms with E-state index in [9.17, 15) is 15.2 Å². The Labute approximate surface area is 130 Å². The van der Waals surface area contributed by atoms with Gasteiger partial charge < -0.3 is 10.4 Å². The molecule has 2 N–H and O–H groups in total. The zero-order valence-corrected chi connectivity index (χ0v) is 13.2. The summed E-state index contributed by atoms with van der Waals surface area (Å²) < 4.78 is 0.635. The number of nitrogens with one attached hydrogen (secondary N) is 1. The van der Waals surface area contributed by atoms with Crippen LogP contribution in [-0.4, -0.2) is 10.0 Å². The fraction of sp³-hybridized carbons (Fsp3) is 0.200. The first-order valence-corrected chi connectivity index (χ1v) is 7.11. The van der Waals surface area contributed by atoms with Crippen molar-refractivity contribution >= 4 is 33.0 Å². The van der Waals surface area contributed by atoms with Gasteiger partial charge in [0.05, 0.1) is 10.5 Å². The van der Waals surface area contributed by atoms with Crippen molar-refractivity contribution in [3.05, 3.63) is 62.6 Å². The highest BCUT2D eigenvalue weighted by Crippen LogP contribution is 2.34. The Hall–Kier alpha value is -1.92. The van der Waals surface area contributed by atoms with Crippen LogP contribution in [0.25, 0.3) is 0 Å². The van der Waals surface area contributed by atoms with Crippen molar-refractivity contribution in [2.24, 2.45) is 0 Å². The minimum absolute atomic E-state index is 0.0325. The molecule has 0 unspecified atom stereocenters. The van der Waals surface area contributed by atoms with Crippen LogP contribution in [0.4, 0.5) is 17.1 Å². The third-order valence-electron chi connectivity index (χ3n) is 3.01. The molecule has 2 aromatic rings. The molecular formula is C15H15BrN2O3. The van der Waals surface area contributed by atoms with Crippen LogP contribution in [0.1, 0.15) is 19.4 Å². The average molecular weight is 351 g/mol. The summed E-state index contributed by atoms with van der Waals surface area (Å²) in [5, 5.41) is 24.4. The number of benzene rings is 2. The number of hydrogen-bond acceptors (Lipinski definition) is 4. The number of aliphatic hydroxyl groups is 1. The van der Waals surface area contributed by atoms with Gasteiger partial charge in [-0.2, -0.15) is 0 Å². The quantitative estimate of drug-likeness (QED) is 0.635. The predicted molar refractivity (Wildman–Crippen MR) is 85.8 cm³/mol. The summed E-state index contributed by atoms with van der Waals surface area (Å²) in [6.07, 6.45) is 0. The van der Waals surface area contributed by atoms with Gasteiger partial charge in [-0.3, -0.25) is 10.1 Å². The molecule has 0 aromatic heterocycles. The molecule has 0 fully saturated rings. The Balaban J connectivity index is 2.47. The number of halogens is 1. The third-order valence-corrected chi connectivity index (χ3v) is 3.51. The van der Waals surface area contributed by atoms with Crippen molar-refractivity contribution in [1.29, 1.82) is 0 Å². The maximum absolute atomic E-state index is 11.1. The molecule has 0 saturated heterocycles. The molecule has 0 atom stereocenters. The molecular weight excluding hydrogens is 336 g/mol. The first kappa shape index (κ1) is 15.5. The molecule has 2 aromatic carbocycles. The monoisotopic (exact) mass is 350 g/mol. The minimum atomic E-state index is -1.05. The molecule has 21 heavy (non-hydrogen) atoms. The molecule has 6 heteroatoms. The standard InChI is InChI=1S/C15H15BrN2O3/c1-15(2,19)11-5-3-4-6-12(11)17-13-8-7-10(16)9-14(13)18(20)21/h3-9,17,19H,1-2H3. The Kier molecular flexibility index (Phi) is 4.29. The summed E-state index contributed by atoms with van der Waals surface area (Å²) in [5.74, 6) is 0. The van der Waals surface area contributed by atoms with Crippen LogP contribution >= 0.6 is 15.9 Å². The van der Waals surface area contributed by atoms with E-state index in [0.717, 1.165) is 0 Å². The van der Waals surface area contributed by atoms with E-state index in [-0.39, 0.29) is 5.69 Å². The number of nitro groups is 1. The highest BCUT2D eigenvalue weighted by Gasteiger charge is 2.21. The highest BCUT2D eigenvalue weighted by atomic mass is 79.9. The number of rotatable bonds is 4. The van der Waals surface area contributed by atoms with Gasteiger partial charge in [0, 0.05) is 21.8 Å². The molecule has 5 nitrogen and oxygen atoms in total. The maximum Gasteiger partial charge on any atom is 0.293 e. The van der Waals surface area contributed by atoms with E-state index in [2.05, 4.69) is 21.2 Å². The van der Waals surface area contributed by atoms with Gasteiger partial charge in [0.15, 0.2) is 0 Å². The fourth-order valence-corrected chi connectivity index (χ4v) is 2.38. The van der Waals surface area contributed by atoms with E-state index < -0.39 is 10.5 Å². The summed E-state index contributed by atoms with van der Waals surface area (Å²) in [6.45, 7) is 3.34. The number of nitrogens with zero attached hydrogens (tertiary/aromatic N) is 1. The van der Waals surface area contributed by atoms with E-state index in [1.165, 1.54) is 6.07 Å². The first-order chi connectivity index (χ1) is 9.79. The molecule has 0 heterocycles. The number of para-hydroxylation sites is 1. The van der Waals surface area contributed by atoms with Gasteiger partial charge in [-0.05, 0) is 32.0 Å².